The molecular weight excluding hydrogens is 822 g/mol. The largest absolute Gasteiger partial charge is 0.497 e. The summed E-state index contributed by atoms with van der Waals surface area (Å²) in [4.78, 5) is 24.4. The molecule has 0 radical (unpaired) electrons. The molecule has 0 amide bonds. The second kappa shape index (κ2) is 17.4. The topological polar surface area (TPSA) is 166 Å². The summed E-state index contributed by atoms with van der Waals surface area (Å²) in [7, 11) is -0.630. The van der Waals surface area contributed by atoms with E-state index in [1.54, 1.807) is 56.2 Å². The number of aromatic amines is 1. The van der Waals surface area contributed by atoms with Gasteiger partial charge in [0.1, 0.15) is 35.4 Å². The number of aromatic nitrogens is 4. The first kappa shape index (κ1) is 41.3. The summed E-state index contributed by atoms with van der Waals surface area (Å²) in [6.45, 7) is 0.659. The summed E-state index contributed by atoms with van der Waals surface area (Å²) in [6.07, 6.45) is 0.594. The van der Waals surface area contributed by atoms with Gasteiger partial charge in [-0.25, -0.2) is 23.1 Å². The average molecular weight is 868 g/mol. The lowest BCUT2D eigenvalue weighted by molar-refractivity contribution is -0.0935. The Hall–Kier alpha value is -5.03. The molecule has 6 aromatic rings. The zero-order chi connectivity index (χ0) is 42.1. The summed E-state index contributed by atoms with van der Waals surface area (Å²) in [6, 6.07) is 33.7. The van der Waals surface area contributed by atoms with Crippen molar-refractivity contribution in [1.82, 2.24) is 24.2 Å². The monoisotopic (exact) mass is 867 g/mol. The van der Waals surface area contributed by atoms with Gasteiger partial charge in [0.2, 0.25) is 0 Å². The number of benzene rings is 4. The summed E-state index contributed by atoms with van der Waals surface area (Å²) in [5.41, 5.74) is 1.39. The number of imidazole rings is 1. The molecule has 15 nitrogen and oxygen atoms in total. The normalized spacial score (nSPS) is 24.3. The van der Waals surface area contributed by atoms with Crippen LogP contribution in [0.15, 0.2) is 132 Å². The predicted octanol–water partition coefficient (Wildman–Crippen LogP) is 6.01. The molecule has 3 aliphatic heterocycles. The second-order valence-corrected chi connectivity index (χ2v) is 18.5. The van der Waals surface area contributed by atoms with Crippen LogP contribution in [0.5, 0.6) is 11.5 Å². The van der Waals surface area contributed by atoms with Gasteiger partial charge < -0.3 is 37.7 Å². The van der Waals surface area contributed by atoms with Crippen LogP contribution in [0.2, 0.25) is 0 Å². The van der Waals surface area contributed by atoms with Crippen LogP contribution in [-0.2, 0) is 38.7 Å². The van der Waals surface area contributed by atoms with Crippen molar-refractivity contribution in [2.45, 2.75) is 60.0 Å². The van der Waals surface area contributed by atoms with E-state index < -0.39 is 60.2 Å². The van der Waals surface area contributed by atoms with E-state index in [0.717, 1.165) is 29.5 Å². The Balaban J connectivity index is 1.10. The van der Waals surface area contributed by atoms with Gasteiger partial charge in [-0.05, 0) is 65.9 Å². The van der Waals surface area contributed by atoms with Crippen LogP contribution in [-0.4, -0.2) is 103 Å². The van der Waals surface area contributed by atoms with Crippen molar-refractivity contribution in [3.05, 3.63) is 149 Å². The number of nitrogens with zero attached hydrogens (tertiary/aromatic N) is 4. The standard InChI is InChI=1S/C44H46N5O10PS/c1-53-32-20-16-30(17-21-32)44(29-11-6-4-7-12-29,31-18-22-33(54-2)23-19-31)56-25-36-39(40(55-3)43(57-36)48-28-47-38-41(48)45-27-46-42(38)50)59-60-49-24-10-15-35(49)37(58-60)26-61(51,52)34-13-8-5-9-14-34/h4-9,11-14,16-23,27-28,35-37,39-40,43H,10,15,24-26H2,1-3H3,(H,45,46,50)/t35-,36+,37+,39+,40+,43+,60-/m0/s1. The van der Waals surface area contributed by atoms with E-state index in [9.17, 15) is 13.2 Å². The first-order valence-corrected chi connectivity index (χ1v) is 22.8. The second-order valence-electron chi connectivity index (χ2n) is 15.1. The molecular formula is C44H46N5O10PS. The first-order chi connectivity index (χ1) is 29.7. The van der Waals surface area contributed by atoms with Crippen molar-refractivity contribution >= 4 is 29.5 Å². The van der Waals surface area contributed by atoms with Crippen molar-refractivity contribution < 1.29 is 41.1 Å². The van der Waals surface area contributed by atoms with E-state index in [1.165, 1.54) is 12.7 Å². The Labute approximate surface area is 354 Å². The third kappa shape index (κ3) is 7.76. The number of fused-ring (bicyclic) bond motifs is 2. The highest BCUT2D eigenvalue weighted by molar-refractivity contribution is 7.91. The van der Waals surface area contributed by atoms with Gasteiger partial charge in [-0.1, -0.05) is 72.8 Å². The number of sulfone groups is 1. The predicted molar refractivity (Wildman–Crippen MR) is 226 cm³/mol. The lowest BCUT2D eigenvalue weighted by Crippen LogP contribution is -2.41. The molecule has 3 aliphatic rings. The van der Waals surface area contributed by atoms with Gasteiger partial charge in [-0.15, -0.1) is 0 Å². The molecule has 0 unspecified atom stereocenters. The van der Waals surface area contributed by atoms with Gasteiger partial charge in [0, 0.05) is 19.7 Å². The molecule has 0 spiro atoms. The van der Waals surface area contributed by atoms with E-state index in [-0.39, 0.29) is 28.8 Å². The van der Waals surface area contributed by atoms with Crippen molar-refractivity contribution in [2.24, 2.45) is 0 Å². The van der Waals surface area contributed by atoms with Gasteiger partial charge in [0.05, 0.1) is 50.2 Å². The Morgan fingerprint density at radius 3 is 2.10 bits per heavy atom. The number of H-pyrrole nitrogens is 1. The molecule has 17 heteroatoms. The lowest BCUT2D eigenvalue weighted by Gasteiger charge is -2.37. The van der Waals surface area contributed by atoms with Crippen LogP contribution in [0.1, 0.15) is 35.8 Å². The van der Waals surface area contributed by atoms with Crippen LogP contribution in [0, 0.1) is 0 Å². The Kier molecular flexibility index (Phi) is 11.8. The lowest BCUT2D eigenvalue weighted by atomic mass is 9.80. The van der Waals surface area contributed by atoms with E-state index in [2.05, 4.69) is 19.6 Å². The maximum absolute atomic E-state index is 13.6. The fourth-order valence-corrected chi connectivity index (χ4v) is 12.3. The number of rotatable bonds is 15. The number of methoxy groups -OCH3 is 3. The Morgan fingerprint density at radius 1 is 0.820 bits per heavy atom. The van der Waals surface area contributed by atoms with Gasteiger partial charge in [0.15, 0.2) is 27.2 Å². The summed E-state index contributed by atoms with van der Waals surface area (Å²) < 4.78 is 76.4. The van der Waals surface area contributed by atoms with Gasteiger partial charge in [-0.3, -0.25) is 9.36 Å². The van der Waals surface area contributed by atoms with Crippen molar-refractivity contribution in [3.8, 4) is 11.5 Å². The van der Waals surface area contributed by atoms with E-state index in [4.69, 9.17) is 32.7 Å². The van der Waals surface area contributed by atoms with Crippen LogP contribution in [0.4, 0.5) is 0 Å². The summed E-state index contributed by atoms with van der Waals surface area (Å²) >= 11 is 0. The molecule has 2 aromatic heterocycles. The minimum atomic E-state index is -3.66. The molecule has 9 rings (SSSR count). The van der Waals surface area contributed by atoms with E-state index in [1.807, 2.05) is 78.9 Å². The highest BCUT2D eigenvalue weighted by atomic mass is 32.2. The maximum Gasteiger partial charge on any atom is 0.278 e. The number of hydrogen-bond donors (Lipinski definition) is 1. The fraction of sp³-hybridized carbons (Fsp3) is 0.341. The molecule has 4 aromatic carbocycles. The Bertz CT molecular complexity index is 2550. The van der Waals surface area contributed by atoms with Gasteiger partial charge >= 0.3 is 0 Å². The maximum atomic E-state index is 13.6. The SMILES string of the molecule is COc1ccc(C(OC[C@H]2O[C@@H](n3cnc4c(=O)[nH]cnc43)[C@H](OC)[C@@H]2O[P@]2O[C@H](CS(=O)(=O)c3ccccc3)[C@@H]3CCCN32)(c2ccccc2)c2ccc(OC)cc2)cc1. The van der Waals surface area contributed by atoms with E-state index in [0.29, 0.717) is 23.7 Å². The molecule has 0 saturated carbocycles. The van der Waals surface area contributed by atoms with E-state index >= 15 is 0 Å². The smallest absolute Gasteiger partial charge is 0.278 e. The van der Waals surface area contributed by atoms with Crippen LogP contribution >= 0.6 is 8.53 Å². The molecule has 1 N–H and O–H groups in total. The number of ether oxygens (including phenoxy) is 5. The minimum Gasteiger partial charge on any atom is -0.497 e. The molecule has 61 heavy (non-hydrogen) atoms. The van der Waals surface area contributed by atoms with Crippen molar-refractivity contribution in [3.63, 3.8) is 0 Å². The molecule has 3 fully saturated rings. The van der Waals surface area contributed by atoms with Crippen LogP contribution in [0.3, 0.4) is 0 Å². The van der Waals surface area contributed by atoms with Crippen LogP contribution in [0.25, 0.3) is 11.2 Å². The highest BCUT2D eigenvalue weighted by Gasteiger charge is 2.55. The summed E-state index contributed by atoms with van der Waals surface area (Å²) in [5.74, 6) is 1.19. The molecule has 318 valence electrons. The number of nitrogens with one attached hydrogen (secondary N) is 1. The zero-order valence-electron chi connectivity index (χ0n) is 33.8. The molecule has 0 aliphatic carbocycles. The quantitative estimate of drug-likeness (QED) is 0.0944. The molecule has 0 bridgehead atoms. The fourth-order valence-electron chi connectivity index (χ4n) is 8.65. The van der Waals surface area contributed by atoms with Gasteiger partial charge in [-0.2, -0.15) is 0 Å². The minimum absolute atomic E-state index is 0.0208. The van der Waals surface area contributed by atoms with Crippen LogP contribution < -0.4 is 15.0 Å². The molecule has 7 atom stereocenters. The Morgan fingerprint density at radius 2 is 1.46 bits per heavy atom. The number of hydrogen-bond acceptors (Lipinski definition) is 13. The summed E-state index contributed by atoms with van der Waals surface area (Å²) in [5, 5.41) is 0. The first-order valence-electron chi connectivity index (χ1n) is 20.0. The zero-order valence-corrected chi connectivity index (χ0v) is 35.5. The third-order valence-electron chi connectivity index (χ3n) is 11.7. The van der Waals surface area contributed by atoms with Gasteiger partial charge in [0.25, 0.3) is 14.1 Å². The highest BCUT2D eigenvalue weighted by Crippen LogP contribution is 2.58. The molecule has 5 heterocycles. The van der Waals surface area contributed by atoms with Crippen molar-refractivity contribution in [2.75, 3.05) is 40.2 Å². The third-order valence-corrected chi connectivity index (χ3v) is 15.2. The average Bonchev–Trinajstić information content (AvgIpc) is 4.10. The molecule has 3 saturated heterocycles. The van der Waals surface area contributed by atoms with Crippen molar-refractivity contribution in [1.29, 1.82) is 0 Å².